The van der Waals surface area contributed by atoms with Crippen LogP contribution in [-0.4, -0.2) is 51.2 Å². The Bertz CT molecular complexity index is 1070. The molecule has 1 N–H and O–H groups in total. The molecule has 0 saturated carbocycles. The van der Waals surface area contributed by atoms with Crippen LogP contribution in [0.15, 0.2) is 23.3 Å². The van der Waals surface area contributed by atoms with E-state index >= 15 is 0 Å². The Labute approximate surface area is 174 Å². The molecule has 0 unspecified atom stereocenters. The number of aromatic nitrogens is 3. The molecule has 8 heteroatoms. The van der Waals surface area contributed by atoms with E-state index < -0.39 is 0 Å². The predicted octanol–water partition coefficient (Wildman–Crippen LogP) is 2.50. The number of nitrogens with zero attached hydrogens (tertiary/aromatic N) is 4. The van der Waals surface area contributed by atoms with E-state index in [9.17, 15) is 9.59 Å². The van der Waals surface area contributed by atoms with Crippen LogP contribution in [0.5, 0.6) is 0 Å². The molecule has 0 bridgehead atoms. The van der Waals surface area contributed by atoms with Gasteiger partial charge in [0.1, 0.15) is 18.4 Å². The number of thiophene rings is 1. The van der Waals surface area contributed by atoms with Gasteiger partial charge < -0.3 is 10.2 Å². The largest absolute Gasteiger partial charge is 0.354 e. The van der Waals surface area contributed by atoms with E-state index in [4.69, 9.17) is 0 Å². The topological polar surface area (TPSA) is 71.6 Å². The summed E-state index contributed by atoms with van der Waals surface area (Å²) in [6.45, 7) is 10.5. The van der Waals surface area contributed by atoms with Crippen LogP contribution >= 0.6 is 11.3 Å². The normalized spacial score (nSPS) is 20.5. The quantitative estimate of drug-likeness (QED) is 0.628. The first-order valence-electron chi connectivity index (χ1n) is 10.4. The fourth-order valence-corrected chi connectivity index (χ4v) is 5.48. The number of amides is 1. The smallest absolute Gasteiger partial charge is 0.291 e. The van der Waals surface area contributed by atoms with Crippen molar-refractivity contribution >= 4 is 33.0 Å². The summed E-state index contributed by atoms with van der Waals surface area (Å²) in [5.74, 6) is 1.32. The Hall–Kier alpha value is -2.19. The SMILES string of the molecule is Cc1cc2c(cc3c(=O)n(CC(=O)NCCCN4C[C@H](C)C[C@@H](C)C4)ncn32)s1. The van der Waals surface area contributed by atoms with Gasteiger partial charge in [0.2, 0.25) is 5.91 Å². The molecule has 4 heterocycles. The molecule has 3 aromatic rings. The van der Waals surface area contributed by atoms with Gasteiger partial charge in [0.05, 0.1) is 10.2 Å². The number of fused-ring (bicyclic) bond motifs is 3. The van der Waals surface area contributed by atoms with Gasteiger partial charge in [-0.15, -0.1) is 11.3 Å². The number of rotatable bonds is 6. The maximum absolute atomic E-state index is 12.7. The Balaban J connectivity index is 1.32. The van der Waals surface area contributed by atoms with Crippen molar-refractivity contribution in [2.45, 2.75) is 40.2 Å². The van der Waals surface area contributed by atoms with E-state index in [0.717, 1.165) is 48.1 Å². The van der Waals surface area contributed by atoms with Crippen molar-refractivity contribution in [3.8, 4) is 0 Å². The average Bonchev–Trinajstić information content (AvgIpc) is 3.17. The molecule has 0 spiro atoms. The Kier molecular flexibility index (Phi) is 5.74. The third-order valence-electron chi connectivity index (χ3n) is 5.62. The fourth-order valence-electron chi connectivity index (χ4n) is 4.53. The first-order chi connectivity index (χ1) is 13.9. The second-order valence-corrected chi connectivity index (χ2v) is 9.80. The highest BCUT2D eigenvalue weighted by atomic mass is 32.1. The fraction of sp³-hybridized carbons (Fsp3) is 0.571. The number of nitrogens with one attached hydrogen (secondary N) is 1. The minimum atomic E-state index is -0.236. The summed E-state index contributed by atoms with van der Waals surface area (Å²) < 4.78 is 4.11. The number of carbonyl (C=O) groups excluding carboxylic acids is 1. The highest BCUT2D eigenvalue weighted by Gasteiger charge is 2.21. The standard InChI is InChI=1S/C21H29N5O2S/c1-14-7-15(2)11-24(10-14)6-4-5-22-20(27)12-26-21(28)18-9-19-17(8-16(3)29-19)25(18)13-23-26/h8-9,13-15H,4-7,10-12H2,1-3H3,(H,22,27)/t14-,15-/m1/s1. The van der Waals surface area contributed by atoms with Crippen LogP contribution in [0, 0.1) is 18.8 Å². The van der Waals surface area contributed by atoms with Gasteiger partial charge >= 0.3 is 0 Å². The van der Waals surface area contributed by atoms with E-state index in [-0.39, 0.29) is 18.0 Å². The zero-order valence-electron chi connectivity index (χ0n) is 17.4. The molecule has 1 aliphatic heterocycles. The van der Waals surface area contributed by atoms with Crippen molar-refractivity contribution in [3.63, 3.8) is 0 Å². The van der Waals surface area contributed by atoms with Gasteiger partial charge in [-0.1, -0.05) is 13.8 Å². The number of hydrogen-bond acceptors (Lipinski definition) is 5. The lowest BCUT2D eigenvalue weighted by molar-refractivity contribution is -0.121. The van der Waals surface area contributed by atoms with E-state index in [2.05, 4.69) is 35.2 Å². The van der Waals surface area contributed by atoms with Crippen molar-refractivity contribution < 1.29 is 4.79 Å². The maximum Gasteiger partial charge on any atom is 0.291 e. The van der Waals surface area contributed by atoms with Crippen molar-refractivity contribution in [3.05, 3.63) is 33.7 Å². The van der Waals surface area contributed by atoms with Crippen LogP contribution in [0.2, 0.25) is 0 Å². The molecule has 7 nitrogen and oxygen atoms in total. The number of piperidine rings is 1. The number of likely N-dealkylation sites (tertiary alicyclic amines) is 1. The molecule has 1 amide bonds. The number of hydrogen-bond donors (Lipinski definition) is 1. The predicted molar refractivity (Wildman–Crippen MR) is 117 cm³/mol. The van der Waals surface area contributed by atoms with Gasteiger partial charge in [0.15, 0.2) is 0 Å². The van der Waals surface area contributed by atoms with Gasteiger partial charge in [-0.3, -0.25) is 14.0 Å². The summed E-state index contributed by atoms with van der Waals surface area (Å²) in [4.78, 5) is 28.7. The molecular weight excluding hydrogens is 386 g/mol. The summed E-state index contributed by atoms with van der Waals surface area (Å²) in [6.07, 6.45) is 3.84. The van der Waals surface area contributed by atoms with E-state index in [1.165, 1.54) is 16.0 Å². The summed E-state index contributed by atoms with van der Waals surface area (Å²) in [6, 6.07) is 3.93. The molecular formula is C21H29N5O2S. The molecule has 1 saturated heterocycles. The lowest BCUT2D eigenvalue weighted by Crippen LogP contribution is -2.40. The molecule has 4 rings (SSSR count). The molecule has 156 valence electrons. The number of aryl methyl sites for hydroxylation is 1. The Morgan fingerprint density at radius 2 is 2.00 bits per heavy atom. The summed E-state index contributed by atoms with van der Waals surface area (Å²) in [7, 11) is 0. The lowest BCUT2D eigenvalue weighted by atomic mass is 9.92. The van der Waals surface area contributed by atoms with Crippen molar-refractivity contribution in [2.24, 2.45) is 11.8 Å². The Morgan fingerprint density at radius 1 is 1.24 bits per heavy atom. The molecule has 0 aromatic carbocycles. The van der Waals surface area contributed by atoms with E-state index in [0.29, 0.717) is 12.1 Å². The molecule has 29 heavy (non-hydrogen) atoms. The highest BCUT2D eigenvalue weighted by molar-refractivity contribution is 7.19. The van der Waals surface area contributed by atoms with Crippen LogP contribution in [0.3, 0.4) is 0 Å². The highest BCUT2D eigenvalue weighted by Crippen LogP contribution is 2.27. The Morgan fingerprint density at radius 3 is 2.76 bits per heavy atom. The first kappa shape index (κ1) is 20.1. The summed E-state index contributed by atoms with van der Waals surface area (Å²) in [5, 5.41) is 7.13. The third kappa shape index (κ3) is 4.38. The van der Waals surface area contributed by atoms with Crippen LogP contribution in [0.1, 0.15) is 31.6 Å². The second-order valence-electron chi connectivity index (χ2n) is 8.51. The van der Waals surface area contributed by atoms with Crippen LogP contribution in [0.25, 0.3) is 15.7 Å². The monoisotopic (exact) mass is 415 g/mol. The molecule has 3 aromatic heterocycles. The third-order valence-corrected chi connectivity index (χ3v) is 6.61. The second kappa shape index (κ2) is 8.28. The number of carbonyl (C=O) groups is 1. The average molecular weight is 416 g/mol. The summed E-state index contributed by atoms with van der Waals surface area (Å²) in [5.41, 5.74) is 1.31. The van der Waals surface area contributed by atoms with Gasteiger partial charge in [-0.25, -0.2) is 4.68 Å². The minimum absolute atomic E-state index is 0.0506. The molecule has 0 aliphatic carbocycles. The molecule has 2 atom stereocenters. The maximum atomic E-state index is 12.7. The van der Waals surface area contributed by atoms with Gasteiger partial charge in [0.25, 0.3) is 5.56 Å². The van der Waals surface area contributed by atoms with Crippen LogP contribution in [-0.2, 0) is 11.3 Å². The first-order valence-corrected chi connectivity index (χ1v) is 11.2. The zero-order chi connectivity index (χ0) is 20.5. The van der Waals surface area contributed by atoms with Crippen LogP contribution < -0.4 is 10.9 Å². The summed E-state index contributed by atoms with van der Waals surface area (Å²) >= 11 is 1.65. The minimum Gasteiger partial charge on any atom is -0.354 e. The molecule has 0 radical (unpaired) electrons. The van der Waals surface area contributed by atoms with Gasteiger partial charge in [-0.05, 0) is 50.3 Å². The van der Waals surface area contributed by atoms with E-state index in [1.807, 2.05) is 13.0 Å². The van der Waals surface area contributed by atoms with Crippen molar-refractivity contribution in [1.29, 1.82) is 0 Å². The van der Waals surface area contributed by atoms with Gasteiger partial charge in [-0.2, -0.15) is 5.10 Å². The molecule has 1 aliphatic rings. The zero-order valence-corrected chi connectivity index (χ0v) is 18.2. The van der Waals surface area contributed by atoms with Gasteiger partial charge in [0, 0.05) is 24.5 Å². The lowest BCUT2D eigenvalue weighted by Gasteiger charge is -2.34. The van der Waals surface area contributed by atoms with Crippen molar-refractivity contribution in [2.75, 3.05) is 26.2 Å². The van der Waals surface area contributed by atoms with E-state index in [1.54, 1.807) is 22.1 Å². The molecule has 1 fully saturated rings. The van der Waals surface area contributed by atoms with Crippen molar-refractivity contribution in [1.82, 2.24) is 24.4 Å². The van der Waals surface area contributed by atoms with Crippen LogP contribution in [0.4, 0.5) is 0 Å².